The normalized spacial score (nSPS) is 22.0. The Hall–Kier alpha value is -3.11. The summed E-state index contributed by atoms with van der Waals surface area (Å²) in [6, 6.07) is 2.67. The Kier molecular flexibility index (Phi) is 8.16. The van der Waals surface area contributed by atoms with E-state index < -0.39 is 45.7 Å². The van der Waals surface area contributed by atoms with E-state index in [0.717, 1.165) is 38.4 Å². The number of rotatable bonds is 8. The maximum Gasteiger partial charge on any atom is 0.326 e. The van der Waals surface area contributed by atoms with Gasteiger partial charge in [0.2, 0.25) is 5.91 Å². The molecule has 3 atom stereocenters. The molecule has 12 heteroatoms. The lowest BCUT2D eigenvalue weighted by atomic mass is 9.84. The second kappa shape index (κ2) is 10.9. The SMILES string of the molecule is CS(=O)(=O)c1ccc(C(=O)N[C@H](CC2CCCCC2)C(=O)N2C[C@@H](N=[N+]=[N-])C[C@H]2C(=O)O)cc1. The average molecular weight is 492 g/mol. The van der Waals surface area contributed by atoms with Crippen molar-refractivity contribution in [2.24, 2.45) is 11.0 Å². The van der Waals surface area contributed by atoms with Crippen LogP contribution in [0.4, 0.5) is 0 Å². The Morgan fingerprint density at radius 2 is 1.85 bits per heavy atom. The topological polar surface area (TPSA) is 170 Å². The van der Waals surface area contributed by atoms with E-state index in [1.165, 1.54) is 29.2 Å². The van der Waals surface area contributed by atoms with Crippen molar-refractivity contribution in [2.45, 2.75) is 68.0 Å². The number of carboxylic acid groups (broad SMARTS) is 1. The molecule has 2 N–H and O–H groups in total. The third kappa shape index (κ3) is 6.27. The molecule has 184 valence electrons. The zero-order valence-corrected chi connectivity index (χ0v) is 19.8. The number of amides is 2. The van der Waals surface area contributed by atoms with Crippen molar-refractivity contribution in [1.29, 1.82) is 0 Å². The third-order valence-corrected chi connectivity index (χ3v) is 7.63. The quantitative estimate of drug-likeness (QED) is 0.321. The molecule has 1 saturated carbocycles. The van der Waals surface area contributed by atoms with E-state index >= 15 is 0 Å². The third-order valence-electron chi connectivity index (χ3n) is 6.50. The molecule has 1 heterocycles. The molecule has 2 fully saturated rings. The first kappa shape index (κ1) is 25.5. The summed E-state index contributed by atoms with van der Waals surface area (Å²) in [5.41, 5.74) is 8.92. The van der Waals surface area contributed by atoms with Crippen LogP contribution in [0, 0.1) is 5.92 Å². The predicted octanol–water partition coefficient (Wildman–Crippen LogP) is 2.52. The number of aliphatic carboxylic acids is 1. The summed E-state index contributed by atoms with van der Waals surface area (Å²) in [4.78, 5) is 42.2. The van der Waals surface area contributed by atoms with E-state index in [-0.39, 0.29) is 29.3 Å². The Labute approximate surface area is 198 Å². The van der Waals surface area contributed by atoms with Gasteiger partial charge in [0.25, 0.3) is 5.91 Å². The lowest BCUT2D eigenvalue weighted by Crippen LogP contribution is -2.52. The van der Waals surface area contributed by atoms with Crippen LogP contribution in [0.1, 0.15) is 55.3 Å². The first-order valence-electron chi connectivity index (χ1n) is 11.3. The number of benzene rings is 1. The minimum absolute atomic E-state index is 0.0161. The number of hydrogen-bond acceptors (Lipinski definition) is 6. The summed E-state index contributed by atoms with van der Waals surface area (Å²) in [6.07, 6.45) is 6.50. The van der Waals surface area contributed by atoms with Crippen molar-refractivity contribution in [3.8, 4) is 0 Å². The molecule has 1 saturated heterocycles. The molecular formula is C22H29N5O6S. The molecule has 1 aromatic rings. The Bertz CT molecular complexity index is 1080. The number of likely N-dealkylation sites (tertiary alicyclic amines) is 1. The van der Waals surface area contributed by atoms with E-state index in [9.17, 15) is 27.9 Å². The Balaban J connectivity index is 1.82. The molecule has 0 unspecified atom stereocenters. The molecule has 1 aliphatic carbocycles. The van der Waals surface area contributed by atoms with Gasteiger partial charge in [-0.2, -0.15) is 0 Å². The van der Waals surface area contributed by atoms with Gasteiger partial charge in [-0.1, -0.05) is 37.2 Å². The van der Waals surface area contributed by atoms with Crippen LogP contribution >= 0.6 is 0 Å². The van der Waals surface area contributed by atoms with Crippen LogP contribution in [0.2, 0.25) is 0 Å². The van der Waals surface area contributed by atoms with Gasteiger partial charge >= 0.3 is 5.97 Å². The number of nitrogens with zero attached hydrogens (tertiary/aromatic N) is 4. The van der Waals surface area contributed by atoms with Crippen LogP contribution in [-0.4, -0.2) is 67.1 Å². The minimum atomic E-state index is -3.42. The molecule has 34 heavy (non-hydrogen) atoms. The number of azide groups is 1. The minimum Gasteiger partial charge on any atom is -0.480 e. The van der Waals surface area contributed by atoms with Crippen LogP contribution in [0.25, 0.3) is 10.4 Å². The Morgan fingerprint density at radius 3 is 2.41 bits per heavy atom. The van der Waals surface area contributed by atoms with Gasteiger partial charge in [-0.3, -0.25) is 9.59 Å². The lowest BCUT2D eigenvalue weighted by molar-refractivity contribution is -0.149. The fraction of sp³-hybridized carbons (Fsp3) is 0.591. The molecule has 0 spiro atoms. The summed E-state index contributed by atoms with van der Waals surface area (Å²) >= 11 is 0. The van der Waals surface area contributed by atoms with Crippen LogP contribution in [0.15, 0.2) is 34.3 Å². The van der Waals surface area contributed by atoms with Crippen molar-refractivity contribution in [2.75, 3.05) is 12.8 Å². The average Bonchev–Trinajstić information content (AvgIpc) is 3.23. The van der Waals surface area contributed by atoms with E-state index in [4.69, 9.17) is 5.53 Å². The molecule has 2 amide bonds. The van der Waals surface area contributed by atoms with Crippen LogP contribution in [0.3, 0.4) is 0 Å². The number of carboxylic acids is 1. The monoisotopic (exact) mass is 491 g/mol. The molecule has 0 aromatic heterocycles. The fourth-order valence-electron chi connectivity index (χ4n) is 4.72. The highest BCUT2D eigenvalue weighted by Crippen LogP contribution is 2.29. The highest BCUT2D eigenvalue weighted by Gasteiger charge is 2.42. The number of carbonyl (C=O) groups is 3. The molecule has 1 aliphatic heterocycles. The standard InChI is InChI=1S/C22H29N5O6S/c1-34(32,33)17-9-7-15(8-10-17)20(28)24-18(11-14-5-3-2-4-6-14)21(29)27-13-16(25-26-23)12-19(27)22(30)31/h7-10,14,16,18-19H,2-6,11-13H2,1H3,(H,24,28)(H,30,31)/t16-,18+,19-/m0/s1. The van der Waals surface area contributed by atoms with E-state index in [1.807, 2.05) is 0 Å². The van der Waals surface area contributed by atoms with Crippen molar-refractivity contribution in [1.82, 2.24) is 10.2 Å². The summed E-state index contributed by atoms with van der Waals surface area (Å²) in [7, 11) is -3.42. The van der Waals surface area contributed by atoms with Gasteiger partial charge in [0.15, 0.2) is 9.84 Å². The zero-order chi connectivity index (χ0) is 24.9. The second-order valence-corrected chi connectivity index (χ2v) is 11.0. The van der Waals surface area contributed by atoms with Crippen molar-refractivity contribution in [3.63, 3.8) is 0 Å². The highest BCUT2D eigenvalue weighted by molar-refractivity contribution is 7.90. The lowest BCUT2D eigenvalue weighted by Gasteiger charge is -2.31. The first-order valence-corrected chi connectivity index (χ1v) is 13.2. The molecule has 2 aliphatic rings. The molecule has 1 aromatic carbocycles. The van der Waals surface area contributed by atoms with Gasteiger partial charge in [-0.25, -0.2) is 13.2 Å². The highest BCUT2D eigenvalue weighted by atomic mass is 32.2. The maximum absolute atomic E-state index is 13.5. The van der Waals surface area contributed by atoms with Gasteiger partial charge in [-0.05, 0) is 48.6 Å². The number of hydrogen-bond donors (Lipinski definition) is 2. The maximum atomic E-state index is 13.5. The van der Waals surface area contributed by atoms with Crippen molar-refractivity contribution in [3.05, 3.63) is 40.3 Å². The van der Waals surface area contributed by atoms with Crippen molar-refractivity contribution >= 4 is 27.6 Å². The fourth-order valence-corrected chi connectivity index (χ4v) is 5.35. The molecule has 11 nitrogen and oxygen atoms in total. The summed E-state index contributed by atoms with van der Waals surface area (Å²) in [5.74, 6) is -2.04. The van der Waals surface area contributed by atoms with Crippen LogP contribution in [-0.2, 0) is 19.4 Å². The summed E-state index contributed by atoms with van der Waals surface area (Å²) in [5, 5.41) is 15.9. The van der Waals surface area contributed by atoms with Gasteiger partial charge < -0.3 is 15.3 Å². The predicted molar refractivity (Wildman–Crippen MR) is 123 cm³/mol. The second-order valence-electron chi connectivity index (χ2n) is 9.00. The van der Waals surface area contributed by atoms with Gasteiger partial charge in [-0.15, -0.1) is 0 Å². The van der Waals surface area contributed by atoms with Crippen LogP contribution < -0.4 is 5.32 Å². The summed E-state index contributed by atoms with van der Waals surface area (Å²) < 4.78 is 23.4. The number of carbonyl (C=O) groups excluding carboxylic acids is 2. The molecule has 0 bridgehead atoms. The summed E-state index contributed by atoms with van der Waals surface area (Å²) in [6.45, 7) is -0.0278. The van der Waals surface area contributed by atoms with E-state index in [1.54, 1.807) is 0 Å². The smallest absolute Gasteiger partial charge is 0.326 e. The van der Waals surface area contributed by atoms with Crippen LogP contribution in [0.5, 0.6) is 0 Å². The number of nitrogens with one attached hydrogen (secondary N) is 1. The molecular weight excluding hydrogens is 462 g/mol. The van der Waals surface area contributed by atoms with E-state index in [2.05, 4.69) is 15.3 Å². The van der Waals surface area contributed by atoms with Gasteiger partial charge in [0.1, 0.15) is 12.1 Å². The number of sulfone groups is 1. The van der Waals surface area contributed by atoms with Gasteiger partial charge in [0.05, 0.1) is 10.9 Å². The van der Waals surface area contributed by atoms with Gasteiger partial charge in [0, 0.05) is 23.3 Å². The Morgan fingerprint density at radius 1 is 1.21 bits per heavy atom. The first-order chi connectivity index (χ1) is 16.1. The zero-order valence-electron chi connectivity index (χ0n) is 19.0. The molecule has 0 radical (unpaired) electrons. The van der Waals surface area contributed by atoms with E-state index in [0.29, 0.717) is 6.42 Å². The largest absolute Gasteiger partial charge is 0.480 e. The molecule has 3 rings (SSSR count). The van der Waals surface area contributed by atoms with Crippen molar-refractivity contribution < 1.29 is 27.9 Å².